The molecule has 0 spiro atoms. The summed E-state index contributed by atoms with van der Waals surface area (Å²) in [6.45, 7) is 12.0. The first-order valence-corrected chi connectivity index (χ1v) is 6.37. The van der Waals surface area contributed by atoms with E-state index >= 15 is 0 Å². The SMILES string of the molecule is CC(C)(C)OC(=O)NCC1CN2CCN1CC2. The van der Waals surface area contributed by atoms with Gasteiger partial charge in [-0.05, 0) is 20.8 Å². The molecule has 3 aliphatic rings. The lowest BCUT2D eigenvalue weighted by Crippen LogP contribution is -2.63. The fourth-order valence-electron chi connectivity index (χ4n) is 2.43. The molecule has 3 heterocycles. The monoisotopic (exact) mass is 241 g/mol. The van der Waals surface area contributed by atoms with Crippen molar-refractivity contribution in [2.45, 2.75) is 32.4 Å². The van der Waals surface area contributed by atoms with Crippen LogP contribution in [0.15, 0.2) is 0 Å². The second-order valence-corrected chi connectivity index (χ2v) is 5.87. The fourth-order valence-corrected chi connectivity index (χ4v) is 2.43. The molecular weight excluding hydrogens is 218 g/mol. The minimum absolute atomic E-state index is 0.310. The number of nitrogens with one attached hydrogen (secondary N) is 1. The molecule has 0 aromatic carbocycles. The van der Waals surface area contributed by atoms with E-state index in [-0.39, 0.29) is 6.09 Å². The van der Waals surface area contributed by atoms with Gasteiger partial charge in [0, 0.05) is 45.3 Å². The molecule has 2 bridgehead atoms. The second-order valence-electron chi connectivity index (χ2n) is 5.87. The van der Waals surface area contributed by atoms with Gasteiger partial charge in [0.1, 0.15) is 5.60 Å². The first-order chi connectivity index (χ1) is 7.94. The number of nitrogens with zero attached hydrogens (tertiary/aromatic N) is 2. The Morgan fingerprint density at radius 3 is 2.41 bits per heavy atom. The number of hydrogen-bond donors (Lipinski definition) is 1. The van der Waals surface area contributed by atoms with Crippen LogP contribution in [-0.4, -0.2) is 66.8 Å². The summed E-state index contributed by atoms with van der Waals surface area (Å²) in [5.74, 6) is 0. The molecule has 3 aliphatic heterocycles. The second kappa shape index (κ2) is 4.82. The number of carbonyl (C=O) groups excluding carboxylic acids is 1. The topological polar surface area (TPSA) is 44.8 Å². The van der Waals surface area contributed by atoms with Crippen LogP contribution in [0, 0.1) is 0 Å². The summed E-state index contributed by atoms with van der Waals surface area (Å²) in [5, 5.41) is 2.86. The summed E-state index contributed by atoms with van der Waals surface area (Å²) < 4.78 is 5.23. The number of carbonyl (C=O) groups is 1. The Morgan fingerprint density at radius 1 is 1.29 bits per heavy atom. The molecular formula is C12H23N3O2. The van der Waals surface area contributed by atoms with Gasteiger partial charge in [-0.15, -0.1) is 0 Å². The van der Waals surface area contributed by atoms with Crippen LogP contribution in [0.1, 0.15) is 20.8 Å². The molecule has 0 saturated carbocycles. The maximum absolute atomic E-state index is 11.5. The number of ether oxygens (including phenoxy) is 1. The molecule has 0 aliphatic carbocycles. The maximum Gasteiger partial charge on any atom is 0.407 e. The van der Waals surface area contributed by atoms with Gasteiger partial charge in [0.25, 0.3) is 0 Å². The van der Waals surface area contributed by atoms with E-state index in [2.05, 4.69) is 15.1 Å². The average Bonchev–Trinajstić information content (AvgIpc) is 2.26. The zero-order chi connectivity index (χ0) is 12.5. The van der Waals surface area contributed by atoms with Crippen LogP contribution in [0.3, 0.4) is 0 Å². The molecule has 98 valence electrons. The van der Waals surface area contributed by atoms with Crippen LogP contribution in [-0.2, 0) is 4.74 Å². The maximum atomic E-state index is 11.5. The normalized spacial score (nSPS) is 32.3. The Bertz CT molecular complexity index is 280. The molecule has 3 saturated heterocycles. The van der Waals surface area contributed by atoms with Crippen molar-refractivity contribution in [2.75, 3.05) is 39.3 Å². The van der Waals surface area contributed by atoms with Gasteiger partial charge in [-0.2, -0.15) is 0 Å². The fraction of sp³-hybridized carbons (Fsp3) is 0.917. The third-order valence-corrected chi connectivity index (χ3v) is 3.27. The van der Waals surface area contributed by atoms with Gasteiger partial charge >= 0.3 is 6.09 Å². The third-order valence-electron chi connectivity index (χ3n) is 3.27. The number of rotatable bonds is 2. The molecule has 5 nitrogen and oxygen atoms in total. The van der Waals surface area contributed by atoms with E-state index < -0.39 is 5.60 Å². The van der Waals surface area contributed by atoms with Crippen molar-refractivity contribution in [1.82, 2.24) is 15.1 Å². The summed E-state index contributed by atoms with van der Waals surface area (Å²) >= 11 is 0. The van der Waals surface area contributed by atoms with E-state index in [1.165, 1.54) is 13.1 Å². The number of amides is 1. The molecule has 3 rings (SSSR count). The van der Waals surface area contributed by atoms with Crippen molar-refractivity contribution < 1.29 is 9.53 Å². The van der Waals surface area contributed by atoms with Crippen LogP contribution in [0.5, 0.6) is 0 Å². The van der Waals surface area contributed by atoms with Gasteiger partial charge < -0.3 is 10.1 Å². The summed E-state index contributed by atoms with van der Waals surface area (Å²) in [6.07, 6.45) is -0.310. The lowest BCUT2D eigenvalue weighted by Gasteiger charge is -2.47. The quantitative estimate of drug-likeness (QED) is 0.765. The summed E-state index contributed by atoms with van der Waals surface area (Å²) in [7, 11) is 0. The Balaban J connectivity index is 1.73. The molecule has 0 aromatic rings. The van der Waals surface area contributed by atoms with Gasteiger partial charge in [-0.1, -0.05) is 0 Å². The molecule has 1 unspecified atom stereocenters. The minimum Gasteiger partial charge on any atom is -0.444 e. The summed E-state index contributed by atoms with van der Waals surface area (Å²) in [6, 6.07) is 0.449. The van der Waals surface area contributed by atoms with Crippen LogP contribution < -0.4 is 5.32 Å². The van der Waals surface area contributed by atoms with Gasteiger partial charge in [-0.25, -0.2) is 4.79 Å². The molecule has 0 radical (unpaired) electrons. The smallest absolute Gasteiger partial charge is 0.407 e. The lowest BCUT2D eigenvalue weighted by molar-refractivity contribution is 0.00992. The molecule has 1 atom stereocenters. The molecule has 1 N–H and O–H groups in total. The highest BCUT2D eigenvalue weighted by atomic mass is 16.6. The Morgan fingerprint density at radius 2 is 1.94 bits per heavy atom. The highest BCUT2D eigenvalue weighted by molar-refractivity contribution is 5.67. The highest BCUT2D eigenvalue weighted by Crippen LogP contribution is 2.15. The zero-order valence-electron chi connectivity index (χ0n) is 11.0. The standard InChI is InChI=1S/C12H23N3O2/c1-12(2,3)17-11(16)13-8-10-9-14-4-6-15(10)7-5-14/h10H,4-9H2,1-3H3,(H,13,16). The third kappa shape index (κ3) is 3.57. The molecule has 0 aromatic heterocycles. The number of piperazine rings is 3. The van der Waals surface area contributed by atoms with E-state index in [1.807, 2.05) is 20.8 Å². The van der Waals surface area contributed by atoms with Crippen molar-refractivity contribution >= 4 is 6.09 Å². The van der Waals surface area contributed by atoms with Crippen LogP contribution in [0.2, 0.25) is 0 Å². The molecule has 17 heavy (non-hydrogen) atoms. The van der Waals surface area contributed by atoms with Crippen molar-refractivity contribution in [3.63, 3.8) is 0 Å². The van der Waals surface area contributed by atoms with Crippen LogP contribution in [0.25, 0.3) is 0 Å². The van der Waals surface area contributed by atoms with E-state index in [9.17, 15) is 4.79 Å². The van der Waals surface area contributed by atoms with Crippen LogP contribution in [0.4, 0.5) is 4.79 Å². The predicted molar refractivity (Wildman–Crippen MR) is 66.0 cm³/mol. The van der Waals surface area contributed by atoms with Crippen molar-refractivity contribution in [3.05, 3.63) is 0 Å². The van der Waals surface area contributed by atoms with Crippen LogP contribution >= 0.6 is 0 Å². The molecule has 5 heteroatoms. The minimum atomic E-state index is -0.417. The van der Waals surface area contributed by atoms with Gasteiger partial charge in [0.2, 0.25) is 0 Å². The highest BCUT2D eigenvalue weighted by Gasteiger charge is 2.32. The lowest BCUT2D eigenvalue weighted by atomic mass is 10.1. The van der Waals surface area contributed by atoms with Crippen molar-refractivity contribution in [2.24, 2.45) is 0 Å². The summed E-state index contributed by atoms with van der Waals surface area (Å²) in [4.78, 5) is 16.5. The molecule has 3 fully saturated rings. The predicted octanol–water partition coefficient (Wildman–Crippen LogP) is 0.511. The largest absolute Gasteiger partial charge is 0.444 e. The van der Waals surface area contributed by atoms with Crippen molar-refractivity contribution in [3.8, 4) is 0 Å². The number of fused-ring (bicyclic) bond motifs is 3. The van der Waals surface area contributed by atoms with Gasteiger partial charge in [0.15, 0.2) is 0 Å². The van der Waals surface area contributed by atoms with Gasteiger partial charge in [0.05, 0.1) is 0 Å². The zero-order valence-corrected chi connectivity index (χ0v) is 11.0. The van der Waals surface area contributed by atoms with E-state index in [1.54, 1.807) is 0 Å². The van der Waals surface area contributed by atoms with Gasteiger partial charge in [-0.3, -0.25) is 9.80 Å². The van der Waals surface area contributed by atoms with E-state index in [0.717, 1.165) is 19.6 Å². The Hall–Kier alpha value is -0.810. The summed E-state index contributed by atoms with van der Waals surface area (Å²) in [5.41, 5.74) is -0.417. The van der Waals surface area contributed by atoms with E-state index in [0.29, 0.717) is 12.6 Å². The first-order valence-electron chi connectivity index (χ1n) is 6.37. The average molecular weight is 241 g/mol. The van der Waals surface area contributed by atoms with E-state index in [4.69, 9.17) is 4.74 Å². The number of hydrogen-bond acceptors (Lipinski definition) is 4. The Labute approximate surface area is 103 Å². The Kier molecular flexibility index (Phi) is 3.58. The first kappa shape index (κ1) is 12.6. The van der Waals surface area contributed by atoms with Crippen molar-refractivity contribution in [1.29, 1.82) is 0 Å². The molecule has 1 amide bonds. The number of alkyl carbamates (subject to hydrolysis) is 1.